The van der Waals surface area contributed by atoms with Crippen LogP contribution in [0.25, 0.3) is 0 Å². The largest absolute Gasteiger partial charge is 0.454 e. The number of hydrogen-bond donors (Lipinski definition) is 0. The summed E-state index contributed by atoms with van der Waals surface area (Å²) >= 11 is 0. The average molecular weight is 346 g/mol. The fourth-order valence-corrected chi connectivity index (χ4v) is 4.12. The molecule has 0 aromatic heterocycles. The second kappa shape index (κ2) is 6.75. The highest BCUT2D eigenvalue weighted by molar-refractivity contribution is 5.74. The predicted octanol–water partition coefficient (Wildman–Crippen LogP) is 2.51. The Morgan fingerprint density at radius 3 is 2.76 bits per heavy atom. The summed E-state index contributed by atoms with van der Waals surface area (Å²) in [6.45, 7) is 6.95. The van der Waals surface area contributed by atoms with Crippen molar-refractivity contribution in [1.29, 1.82) is 0 Å². The van der Waals surface area contributed by atoms with Crippen LogP contribution in [-0.2, 0) is 11.2 Å². The molecule has 3 aliphatic rings. The first-order valence-corrected chi connectivity index (χ1v) is 9.13. The van der Waals surface area contributed by atoms with Crippen LogP contribution in [0.5, 0.6) is 11.5 Å². The van der Waals surface area contributed by atoms with Crippen LogP contribution in [0, 0.1) is 5.41 Å². The SMILES string of the molecule is C[C@@]1(Cc2ccc3c(c2)OCO3)CCCN(C(=O)N2CCOCC2)C1. The lowest BCUT2D eigenvalue weighted by Crippen LogP contribution is -2.53. The molecule has 0 spiro atoms. The minimum Gasteiger partial charge on any atom is -0.454 e. The number of piperidine rings is 1. The van der Waals surface area contributed by atoms with Gasteiger partial charge in [0.1, 0.15) is 0 Å². The van der Waals surface area contributed by atoms with Gasteiger partial charge in [-0.3, -0.25) is 0 Å². The Balaban J connectivity index is 1.43. The minimum absolute atomic E-state index is 0.0912. The Morgan fingerprint density at radius 1 is 1.12 bits per heavy atom. The normalized spacial score (nSPS) is 26.0. The first-order valence-electron chi connectivity index (χ1n) is 9.13. The Hall–Kier alpha value is -1.95. The molecule has 4 rings (SSSR count). The number of benzene rings is 1. The van der Waals surface area contributed by atoms with Crippen molar-refractivity contribution in [2.45, 2.75) is 26.2 Å². The molecule has 0 radical (unpaired) electrons. The van der Waals surface area contributed by atoms with E-state index in [9.17, 15) is 4.79 Å². The van der Waals surface area contributed by atoms with E-state index >= 15 is 0 Å². The molecule has 1 aromatic rings. The molecule has 2 fully saturated rings. The lowest BCUT2D eigenvalue weighted by molar-refractivity contribution is 0.0330. The van der Waals surface area contributed by atoms with Gasteiger partial charge in [0.05, 0.1) is 13.2 Å². The summed E-state index contributed by atoms with van der Waals surface area (Å²) in [4.78, 5) is 16.8. The number of nitrogens with zero attached hydrogens (tertiary/aromatic N) is 2. The molecule has 0 aliphatic carbocycles. The number of urea groups is 1. The molecule has 0 N–H and O–H groups in total. The van der Waals surface area contributed by atoms with Crippen molar-refractivity contribution in [1.82, 2.24) is 9.80 Å². The first kappa shape index (κ1) is 16.5. The number of ether oxygens (including phenoxy) is 3. The highest BCUT2D eigenvalue weighted by atomic mass is 16.7. The third-order valence-electron chi connectivity index (χ3n) is 5.40. The summed E-state index contributed by atoms with van der Waals surface area (Å²) < 4.78 is 16.2. The van der Waals surface area contributed by atoms with Gasteiger partial charge in [-0.2, -0.15) is 0 Å². The van der Waals surface area contributed by atoms with Crippen LogP contribution in [-0.4, -0.2) is 62.0 Å². The molecule has 1 aromatic carbocycles. The van der Waals surface area contributed by atoms with Crippen LogP contribution in [0.4, 0.5) is 4.79 Å². The Labute approximate surface area is 148 Å². The second-order valence-electron chi connectivity index (χ2n) is 7.58. The van der Waals surface area contributed by atoms with Gasteiger partial charge in [-0.1, -0.05) is 13.0 Å². The molecule has 25 heavy (non-hydrogen) atoms. The van der Waals surface area contributed by atoms with Gasteiger partial charge in [-0.15, -0.1) is 0 Å². The van der Waals surface area contributed by atoms with Crippen molar-refractivity contribution < 1.29 is 19.0 Å². The molecule has 0 saturated carbocycles. The lowest BCUT2D eigenvalue weighted by Gasteiger charge is -2.43. The predicted molar refractivity (Wildman–Crippen MR) is 93.0 cm³/mol. The molecule has 2 amide bonds. The summed E-state index contributed by atoms with van der Waals surface area (Å²) in [7, 11) is 0. The van der Waals surface area contributed by atoms with Crippen molar-refractivity contribution in [3.63, 3.8) is 0 Å². The molecule has 6 nitrogen and oxygen atoms in total. The Bertz CT molecular complexity index is 644. The van der Waals surface area contributed by atoms with E-state index in [2.05, 4.69) is 19.1 Å². The van der Waals surface area contributed by atoms with Crippen molar-refractivity contribution in [3.8, 4) is 11.5 Å². The van der Waals surface area contributed by atoms with Gasteiger partial charge in [0.25, 0.3) is 0 Å². The van der Waals surface area contributed by atoms with Crippen LogP contribution in [0.15, 0.2) is 18.2 Å². The fourth-order valence-electron chi connectivity index (χ4n) is 4.12. The molecule has 0 bridgehead atoms. The van der Waals surface area contributed by atoms with E-state index in [1.54, 1.807) is 0 Å². The van der Waals surface area contributed by atoms with Crippen LogP contribution >= 0.6 is 0 Å². The number of morpholine rings is 1. The molecule has 0 unspecified atom stereocenters. The number of likely N-dealkylation sites (tertiary alicyclic amines) is 1. The molecule has 3 heterocycles. The lowest BCUT2D eigenvalue weighted by atomic mass is 9.77. The maximum Gasteiger partial charge on any atom is 0.320 e. The quantitative estimate of drug-likeness (QED) is 0.826. The van der Waals surface area contributed by atoms with Crippen molar-refractivity contribution in [2.24, 2.45) is 5.41 Å². The van der Waals surface area contributed by atoms with E-state index in [4.69, 9.17) is 14.2 Å². The Kier molecular flexibility index (Phi) is 4.46. The summed E-state index contributed by atoms with van der Waals surface area (Å²) in [5.74, 6) is 1.65. The highest BCUT2D eigenvalue weighted by Crippen LogP contribution is 2.37. The summed E-state index contributed by atoms with van der Waals surface area (Å²) in [5, 5.41) is 0. The average Bonchev–Trinajstić information content (AvgIpc) is 3.09. The van der Waals surface area contributed by atoms with E-state index in [0.717, 1.165) is 43.9 Å². The molecular weight excluding hydrogens is 320 g/mol. The van der Waals surface area contributed by atoms with E-state index in [-0.39, 0.29) is 11.4 Å². The van der Waals surface area contributed by atoms with Crippen LogP contribution in [0.1, 0.15) is 25.3 Å². The summed E-state index contributed by atoms with van der Waals surface area (Å²) in [6, 6.07) is 6.35. The van der Waals surface area contributed by atoms with E-state index in [0.29, 0.717) is 33.1 Å². The third-order valence-corrected chi connectivity index (χ3v) is 5.40. The standard InChI is InChI=1S/C19H26N2O4/c1-19(12-15-3-4-16-17(11-15)25-14-24-16)5-2-6-21(13-19)18(22)20-7-9-23-10-8-20/h3-4,11H,2,5-10,12-14H2,1H3/t19-/m0/s1. The minimum atomic E-state index is 0.0912. The number of carbonyl (C=O) groups excluding carboxylic acids is 1. The number of rotatable bonds is 2. The summed E-state index contributed by atoms with van der Waals surface area (Å²) in [6.07, 6.45) is 3.13. The van der Waals surface area contributed by atoms with Crippen LogP contribution in [0.2, 0.25) is 0 Å². The van der Waals surface area contributed by atoms with Crippen molar-refractivity contribution >= 4 is 6.03 Å². The van der Waals surface area contributed by atoms with Gasteiger partial charge in [-0.05, 0) is 42.4 Å². The maximum atomic E-state index is 12.8. The van der Waals surface area contributed by atoms with Crippen molar-refractivity contribution in [2.75, 3.05) is 46.2 Å². The number of amides is 2. The smallest absolute Gasteiger partial charge is 0.320 e. The number of carbonyl (C=O) groups is 1. The van der Waals surface area contributed by atoms with Gasteiger partial charge >= 0.3 is 6.03 Å². The first-order chi connectivity index (χ1) is 12.1. The van der Waals surface area contributed by atoms with E-state index in [1.807, 2.05) is 15.9 Å². The zero-order valence-electron chi connectivity index (χ0n) is 14.8. The Morgan fingerprint density at radius 2 is 1.92 bits per heavy atom. The molecule has 136 valence electrons. The third kappa shape index (κ3) is 3.54. The van der Waals surface area contributed by atoms with Crippen LogP contribution < -0.4 is 9.47 Å². The van der Waals surface area contributed by atoms with Crippen LogP contribution in [0.3, 0.4) is 0 Å². The molecule has 2 saturated heterocycles. The molecular formula is C19H26N2O4. The van der Waals surface area contributed by atoms with E-state index in [1.165, 1.54) is 5.56 Å². The van der Waals surface area contributed by atoms with Gasteiger partial charge in [0.2, 0.25) is 6.79 Å². The van der Waals surface area contributed by atoms with Gasteiger partial charge in [0, 0.05) is 26.2 Å². The molecule has 3 aliphatic heterocycles. The number of fused-ring (bicyclic) bond motifs is 1. The highest BCUT2D eigenvalue weighted by Gasteiger charge is 2.35. The fraction of sp³-hybridized carbons (Fsp3) is 0.632. The summed E-state index contributed by atoms with van der Waals surface area (Å²) in [5.41, 5.74) is 1.33. The monoisotopic (exact) mass is 346 g/mol. The van der Waals surface area contributed by atoms with Gasteiger partial charge < -0.3 is 24.0 Å². The topological polar surface area (TPSA) is 51.2 Å². The van der Waals surface area contributed by atoms with Gasteiger partial charge in [0.15, 0.2) is 11.5 Å². The van der Waals surface area contributed by atoms with Gasteiger partial charge in [-0.25, -0.2) is 4.79 Å². The second-order valence-corrected chi connectivity index (χ2v) is 7.58. The number of hydrogen-bond acceptors (Lipinski definition) is 4. The zero-order chi connectivity index (χ0) is 17.3. The van der Waals surface area contributed by atoms with Crippen molar-refractivity contribution in [3.05, 3.63) is 23.8 Å². The molecule has 1 atom stereocenters. The molecule has 6 heteroatoms. The zero-order valence-corrected chi connectivity index (χ0v) is 14.8. The van der Waals surface area contributed by atoms with E-state index < -0.39 is 0 Å². The maximum absolute atomic E-state index is 12.8.